The van der Waals surface area contributed by atoms with E-state index >= 15 is 0 Å². The van der Waals surface area contributed by atoms with E-state index in [1.54, 1.807) is 4.90 Å². The third-order valence-electron chi connectivity index (χ3n) is 4.91. The second-order valence-electron chi connectivity index (χ2n) is 6.39. The second kappa shape index (κ2) is 6.51. The molecule has 0 aliphatic carbocycles. The smallest absolute Gasteiger partial charge is 0.245 e. The van der Waals surface area contributed by atoms with E-state index in [4.69, 9.17) is 0 Å². The van der Waals surface area contributed by atoms with Gasteiger partial charge < -0.3 is 9.80 Å². The summed E-state index contributed by atoms with van der Waals surface area (Å²) in [7, 11) is 0. The summed E-state index contributed by atoms with van der Waals surface area (Å²) < 4.78 is 0. The number of benzene rings is 1. The topological polar surface area (TPSA) is 40.6 Å². The van der Waals surface area contributed by atoms with Crippen LogP contribution in [-0.2, 0) is 16.0 Å². The largest absolute Gasteiger partial charge is 0.336 e. The van der Waals surface area contributed by atoms with E-state index in [9.17, 15) is 9.59 Å². The van der Waals surface area contributed by atoms with E-state index < -0.39 is 0 Å². The molecule has 1 aromatic rings. The number of amides is 2. The highest BCUT2D eigenvalue weighted by Gasteiger charge is 2.41. The van der Waals surface area contributed by atoms with Crippen LogP contribution >= 0.6 is 0 Å². The summed E-state index contributed by atoms with van der Waals surface area (Å²) in [6, 6.07) is 10.2. The fraction of sp³-hybridized carbons (Fsp3) is 0.556. The fourth-order valence-electron chi connectivity index (χ4n) is 3.62. The molecule has 0 spiro atoms. The molecular formula is C18H24N2O2. The molecule has 2 atom stereocenters. The lowest BCUT2D eigenvalue weighted by Gasteiger charge is -2.41. The van der Waals surface area contributed by atoms with Gasteiger partial charge in [-0.1, -0.05) is 30.3 Å². The number of rotatable bonds is 4. The average Bonchev–Trinajstić information content (AvgIpc) is 3.00. The molecule has 3 rings (SSSR count). The van der Waals surface area contributed by atoms with Crippen LogP contribution in [0.15, 0.2) is 30.3 Å². The first kappa shape index (κ1) is 15.1. The third kappa shape index (κ3) is 3.01. The Balaban J connectivity index is 1.54. The van der Waals surface area contributed by atoms with Gasteiger partial charge in [0, 0.05) is 25.6 Å². The molecular weight excluding hydrogens is 276 g/mol. The lowest BCUT2D eigenvalue weighted by Crippen LogP contribution is -2.60. The van der Waals surface area contributed by atoms with E-state index in [1.165, 1.54) is 5.56 Å². The summed E-state index contributed by atoms with van der Waals surface area (Å²) in [5.41, 5.74) is 1.26. The molecule has 118 valence electrons. The number of hydrogen-bond acceptors (Lipinski definition) is 2. The van der Waals surface area contributed by atoms with Crippen molar-refractivity contribution in [1.82, 2.24) is 9.80 Å². The third-order valence-corrected chi connectivity index (χ3v) is 4.91. The highest BCUT2D eigenvalue weighted by Crippen LogP contribution is 2.26. The molecule has 4 heteroatoms. The number of carbonyl (C=O) groups excluding carboxylic acids is 2. The van der Waals surface area contributed by atoms with Crippen LogP contribution < -0.4 is 0 Å². The van der Waals surface area contributed by atoms with Gasteiger partial charge in [0.25, 0.3) is 0 Å². The number of piperazine rings is 1. The van der Waals surface area contributed by atoms with Crippen molar-refractivity contribution in [2.24, 2.45) is 0 Å². The first-order valence-electron chi connectivity index (χ1n) is 8.30. The van der Waals surface area contributed by atoms with Crippen LogP contribution in [-0.4, -0.2) is 46.8 Å². The van der Waals surface area contributed by atoms with Crippen molar-refractivity contribution in [1.29, 1.82) is 0 Å². The number of carbonyl (C=O) groups is 2. The van der Waals surface area contributed by atoms with E-state index in [2.05, 4.69) is 12.1 Å². The maximum absolute atomic E-state index is 12.5. The van der Waals surface area contributed by atoms with Crippen molar-refractivity contribution in [3.63, 3.8) is 0 Å². The first-order chi connectivity index (χ1) is 10.7. The Morgan fingerprint density at radius 2 is 2.05 bits per heavy atom. The maximum atomic E-state index is 12.5. The quantitative estimate of drug-likeness (QED) is 0.855. The minimum atomic E-state index is -0.293. The normalized spacial score (nSPS) is 24.5. The lowest BCUT2D eigenvalue weighted by molar-refractivity contribution is -0.152. The molecule has 0 radical (unpaired) electrons. The molecule has 2 saturated heterocycles. The highest BCUT2D eigenvalue weighted by atomic mass is 16.2. The van der Waals surface area contributed by atoms with Gasteiger partial charge in [0.1, 0.15) is 6.04 Å². The Hall–Kier alpha value is -1.84. The molecule has 2 aliphatic rings. The van der Waals surface area contributed by atoms with E-state index in [0.29, 0.717) is 6.42 Å². The molecule has 0 unspecified atom stereocenters. The summed E-state index contributed by atoms with van der Waals surface area (Å²) in [6.07, 6.45) is 4.39. The van der Waals surface area contributed by atoms with E-state index in [0.717, 1.165) is 38.8 Å². The number of hydrogen-bond donors (Lipinski definition) is 0. The van der Waals surface area contributed by atoms with Crippen molar-refractivity contribution >= 4 is 11.8 Å². The van der Waals surface area contributed by atoms with Gasteiger partial charge in [0.05, 0.1) is 0 Å². The second-order valence-corrected chi connectivity index (χ2v) is 6.39. The molecule has 0 N–H and O–H groups in total. The van der Waals surface area contributed by atoms with Crippen LogP contribution in [0.2, 0.25) is 0 Å². The zero-order valence-corrected chi connectivity index (χ0v) is 13.2. The molecule has 2 amide bonds. The summed E-state index contributed by atoms with van der Waals surface area (Å²) in [5, 5.41) is 0. The Morgan fingerprint density at radius 1 is 1.27 bits per heavy atom. The predicted molar refractivity (Wildman–Crippen MR) is 85.3 cm³/mol. The van der Waals surface area contributed by atoms with Crippen molar-refractivity contribution < 1.29 is 9.59 Å². The Bertz CT molecular complexity index is 543. The number of fused-ring (bicyclic) bond motifs is 1. The van der Waals surface area contributed by atoms with Gasteiger partial charge in [-0.2, -0.15) is 0 Å². The number of aryl methyl sites for hydroxylation is 1. The van der Waals surface area contributed by atoms with Gasteiger partial charge in [0.2, 0.25) is 11.8 Å². The molecule has 0 saturated carbocycles. The van der Waals surface area contributed by atoms with E-state index in [1.807, 2.05) is 30.0 Å². The lowest BCUT2D eigenvalue weighted by atomic mass is 10.0. The SMILES string of the molecule is C[C@H]1C(=O)N2CCC[C@H]2CN1C(=O)CCCc1ccccc1. The minimum Gasteiger partial charge on any atom is -0.336 e. The summed E-state index contributed by atoms with van der Waals surface area (Å²) in [6.45, 7) is 3.45. The molecule has 2 fully saturated rings. The Morgan fingerprint density at radius 3 is 2.82 bits per heavy atom. The van der Waals surface area contributed by atoms with E-state index in [-0.39, 0.29) is 23.9 Å². The molecule has 22 heavy (non-hydrogen) atoms. The average molecular weight is 300 g/mol. The van der Waals surface area contributed by atoms with Crippen LogP contribution in [0.1, 0.15) is 38.2 Å². The van der Waals surface area contributed by atoms with Crippen molar-refractivity contribution in [2.45, 2.75) is 51.1 Å². The van der Waals surface area contributed by atoms with Gasteiger partial charge in [-0.3, -0.25) is 9.59 Å². The Kier molecular flexibility index (Phi) is 4.46. The molecule has 2 heterocycles. The van der Waals surface area contributed by atoms with Crippen molar-refractivity contribution in [3.05, 3.63) is 35.9 Å². The van der Waals surface area contributed by atoms with Gasteiger partial charge in [0.15, 0.2) is 0 Å². The molecule has 0 aromatic heterocycles. The summed E-state index contributed by atoms with van der Waals surface area (Å²) >= 11 is 0. The van der Waals surface area contributed by atoms with Crippen molar-refractivity contribution in [3.8, 4) is 0 Å². The zero-order chi connectivity index (χ0) is 15.5. The van der Waals surface area contributed by atoms with Crippen LogP contribution in [0.3, 0.4) is 0 Å². The molecule has 1 aromatic carbocycles. The zero-order valence-electron chi connectivity index (χ0n) is 13.2. The van der Waals surface area contributed by atoms with Gasteiger partial charge in [-0.05, 0) is 38.2 Å². The van der Waals surface area contributed by atoms with Crippen LogP contribution in [0.4, 0.5) is 0 Å². The summed E-state index contributed by atoms with van der Waals surface area (Å²) in [4.78, 5) is 28.6. The van der Waals surface area contributed by atoms with Gasteiger partial charge >= 0.3 is 0 Å². The van der Waals surface area contributed by atoms with Crippen molar-refractivity contribution in [2.75, 3.05) is 13.1 Å². The minimum absolute atomic E-state index is 0.128. The first-order valence-corrected chi connectivity index (χ1v) is 8.30. The monoisotopic (exact) mass is 300 g/mol. The molecule has 4 nitrogen and oxygen atoms in total. The summed E-state index contributed by atoms with van der Waals surface area (Å²) in [5.74, 6) is 0.258. The standard InChI is InChI=1S/C18H24N2O2/c1-14-18(22)19-12-6-10-16(19)13-20(14)17(21)11-5-9-15-7-3-2-4-8-15/h2-4,7-8,14,16H,5-6,9-13H2,1H3/t14-,16-/m0/s1. The van der Waals surface area contributed by atoms with Crippen LogP contribution in [0.5, 0.6) is 0 Å². The van der Waals surface area contributed by atoms with Gasteiger partial charge in [-0.15, -0.1) is 0 Å². The van der Waals surface area contributed by atoms with Crippen LogP contribution in [0, 0.1) is 0 Å². The Labute approximate surface area is 132 Å². The fourth-order valence-corrected chi connectivity index (χ4v) is 3.62. The highest BCUT2D eigenvalue weighted by molar-refractivity contribution is 5.89. The maximum Gasteiger partial charge on any atom is 0.245 e. The van der Waals surface area contributed by atoms with Gasteiger partial charge in [-0.25, -0.2) is 0 Å². The molecule has 2 aliphatic heterocycles. The predicted octanol–water partition coefficient (Wildman–Crippen LogP) is 2.23. The molecule has 0 bridgehead atoms. The number of nitrogens with zero attached hydrogens (tertiary/aromatic N) is 2. The van der Waals surface area contributed by atoms with Crippen LogP contribution in [0.25, 0.3) is 0 Å².